The summed E-state index contributed by atoms with van der Waals surface area (Å²) in [4.78, 5) is 26.3. The van der Waals surface area contributed by atoms with Crippen molar-refractivity contribution in [3.63, 3.8) is 0 Å². The van der Waals surface area contributed by atoms with E-state index in [0.29, 0.717) is 28.8 Å². The molecule has 27 heavy (non-hydrogen) atoms. The summed E-state index contributed by atoms with van der Waals surface area (Å²) in [6.45, 7) is 0.496. The molecule has 2 aromatic carbocycles. The fraction of sp³-hybridized carbons (Fsp3) is 0.263. The van der Waals surface area contributed by atoms with Gasteiger partial charge in [-0.2, -0.15) is 0 Å². The zero-order valence-electron chi connectivity index (χ0n) is 15.0. The molecular formula is C19H20ClN3O4. The molecule has 0 saturated heterocycles. The minimum Gasteiger partial charge on any atom is -0.495 e. The number of rotatable bonds is 5. The molecule has 0 bridgehead atoms. The van der Waals surface area contributed by atoms with Crippen LogP contribution in [0, 0.1) is 0 Å². The Labute approximate surface area is 162 Å². The van der Waals surface area contributed by atoms with Gasteiger partial charge in [0.05, 0.1) is 31.5 Å². The molecule has 0 unspecified atom stereocenters. The maximum Gasteiger partial charge on any atom is 0.319 e. The SMILES string of the molecule is COc1cc(OC)c(NC(=O)NCC(=O)N2CCc3ccccc32)cc1Cl. The van der Waals surface area contributed by atoms with Gasteiger partial charge < -0.3 is 25.0 Å². The largest absolute Gasteiger partial charge is 0.495 e. The van der Waals surface area contributed by atoms with Gasteiger partial charge >= 0.3 is 6.03 Å². The van der Waals surface area contributed by atoms with Crippen LogP contribution < -0.4 is 25.0 Å². The zero-order chi connectivity index (χ0) is 19.4. The molecule has 0 radical (unpaired) electrons. The standard InChI is InChI=1S/C19H20ClN3O4/c1-26-16-10-17(27-2)14(9-13(16)20)22-19(25)21-11-18(24)23-8-7-12-5-3-4-6-15(12)23/h3-6,9-10H,7-8,11H2,1-2H3,(H2,21,22,25). The quantitative estimate of drug-likeness (QED) is 0.823. The smallest absolute Gasteiger partial charge is 0.319 e. The van der Waals surface area contributed by atoms with E-state index in [0.717, 1.165) is 17.7 Å². The first kappa shape index (κ1) is 18.8. The zero-order valence-corrected chi connectivity index (χ0v) is 15.8. The van der Waals surface area contributed by atoms with E-state index in [4.69, 9.17) is 21.1 Å². The van der Waals surface area contributed by atoms with Crippen molar-refractivity contribution >= 4 is 34.9 Å². The van der Waals surface area contributed by atoms with E-state index in [1.807, 2.05) is 24.3 Å². The summed E-state index contributed by atoms with van der Waals surface area (Å²) < 4.78 is 10.4. The van der Waals surface area contributed by atoms with E-state index < -0.39 is 6.03 Å². The second kappa shape index (κ2) is 8.18. The lowest BCUT2D eigenvalue weighted by molar-refractivity contribution is -0.117. The van der Waals surface area contributed by atoms with Gasteiger partial charge in [0.2, 0.25) is 5.91 Å². The third-order valence-corrected chi connectivity index (χ3v) is 4.61. The van der Waals surface area contributed by atoms with Crippen LogP contribution in [0.4, 0.5) is 16.2 Å². The molecule has 2 aromatic rings. The number of hydrogen-bond donors (Lipinski definition) is 2. The fourth-order valence-electron chi connectivity index (χ4n) is 2.97. The van der Waals surface area contributed by atoms with Gasteiger partial charge in [-0.05, 0) is 24.1 Å². The molecule has 1 aliphatic heterocycles. The number of anilines is 2. The third kappa shape index (κ3) is 4.09. The molecule has 0 aromatic heterocycles. The van der Waals surface area contributed by atoms with E-state index in [-0.39, 0.29) is 12.5 Å². The summed E-state index contributed by atoms with van der Waals surface area (Å²) >= 11 is 6.09. The molecule has 0 saturated carbocycles. The molecule has 1 heterocycles. The highest BCUT2D eigenvalue weighted by molar-refractivity contribution is 6.32. The van der Waals surface area contributed by atoms with Crippen molar-refractivity contribution in [2.24, 2.45) is 0 Å². The number of amides is 3. The van der Waals surface area contributed by atoms with Crippen LogP contribution >= 0.6 is 11.6 Å². The predicted molar refractivity (Wildman–Crippen MR) is 104 cm³/mol. The van der Waals surface area contributed by atoms with Crippen LogP contribution in [0.25, 0.3) is 0 Å². The summed E-state index contributed by atoms with van der Waals surface area (Å²) in [6, 6.07) is 10.3. The van der Waals surface area contributed by atoms with Crippen molar-refractivity contribution in [2.75, 3.05) is 37.5 Å². The van der Waals surface area contributed by atoms with E-state index >= 15 is 0 Å². The van der Waals surface area contributed by atoms with Gasteiger partial charge in [-0.15, -0.1) is 0 Å². The Kier molecular flexibility index (Phi) is 5.71. The predicted octanol–water partition coefficient (Wildman–Crippen LogP) is 3.07. The third-order valence-electron chi connectivity index (χ3n) is 4.31. The second-order valence-corrected chi connectivity index (χ2v) is 6.33. The number of methoxy groups -OCH3 is 2. The van der Waals surface area contributed by atoms with Gasteiger partial charge in [0.15, 0.2) is 0 Å². The van der Waals surface area contributed by atoms with Crippen LogP contribution in [0.3, 0.4) is 0 Å². The number of benzene rings is 2. The van der Waals surface area contributed by atoms with E-state index in [9.17, 15) is 9.59 Å². The number of hydrogen-bond acceptors (Lipinski definition) is 4. The molecule has 1 aliphatic rings. The van der Waals surface area contributed by atoms with Gasteiger partial charge in [-0.25, -0.2) is 4.79 Å². The first-order valence-electron chi connectivity index (χ1n) is 8.38. The number of halogens is 1. The Hall–Kier alpha value is -2.93. The fourth-order valence-corrected chi connectivity index (χ4v) is 3.21. The average molecular weight is 390 g/mol. The highest BCUT2D eigenvalue weighted by Gasteiger charge is 2.24. The molecule has 8 heteroatoms. The van der Waals surface area contributed by atoms with E-state index in [1.165, 1.54) is 20.3 Å². The lowest BCUT2D eigenvalue weighted by Crippen LogP contribution is -2.41. The van der Waals surface area contributed by atoms with Gasteiger partial charge in [-0.3, -0.25) is 4.79 Å². The van der Waals surface area contributed by atoms with Crippen molar-refractivity contribution in [1.82, 2.24) is 5.32 Å². The van der Waals surface area contributed by atoms with Crippen molar-refractivity contribution in [1.29, 1.82) is 0 Å². The average Bonchev–Trinajstić information content (AvgIpc) is 3.10. The molecule has 7 nitrogen and oxygen atoms in total. The number of carbonyl (C=O) groups is 2. The molecule has 142 valence electrons. The molecule has 3 amide bonds. The summed E-state index contributed by atoms with van der Waals surface area (Å²) in [5, 5.41) is 5.53. The summed E-state index contributed by atoms with van der Waals surface area (Å²) in [6.07, 6.45) is 0.815. The minimum atomic E-state index is -0.532. The first-order chi connectivity index (χ1) is 13.0. The van der Waals surface area contributed by atoms with Crippen molar-refractivity contribution in [3.8, 4) is 11.5 Å². The Morgan fingerprint density at radius 3 is 2.63 bits per heavy atom. The maximum absolute atomic E-state index is 12.4. The summed E-state index contributed by atoms with van der Waals surface area (Å²) in [7, 11) is 2.96. The van der Waals surface area contributed by atoms with Crippen LogP contribution in [-0.4, -0.2) is 39.2 Å². The summed E-state index contributed by atoms with van der Waals surface area (Å²) in [5.74, 6) is 0.656. The number of fused-ring (bicyclic) bond motifs is 1. The van der Waals surface area contributed by atoms with Crippen LogP contribution in [0.5, 0.6) is 11.5 Å². The van der Waals surface area contributed by atoms with Gasteiger partial charge in [-0.1, -0.05) is 29.8 Å². The first-order valence-corrected chi connectivity index (χ1v) is 8.76. The highest BCUT2D eigenvalue weighted by atomic mass is 35.5. The Morgan fingerprint density at radius 2 is 1.89 bits per heavy atom. The van der Waals surface area contributed by atoms with E-state index in [1.54, 1.807) is 11.0 Å². The minimum absolute atomic E-state index is 0.119. The van der Waals surface area contributed by atoms with Crippen molar-refractivity contribution in [3.05, 3.63) is 47.0 Å². The number of ether oxygens (including phenoxy) is 2. The molecule has 0 atom stereocenters. The number of para-hydroxylation sites is 1. The molecule has 0 aliphatic carbocycles. The van der Waals surface area contributed by atoms with Gasteiger partial charge in [0.25, 0.3) is 0 Å². The van der Waals surface area contributed by atoms with Crippen LogP contribution in [0.2, 0.25) is 5.02 Å². The summed E-state index contributed by atoms with van der Waals surface area (Å²) in [5.41, 5.74) is 2.40. The van der Waals surface area contributed by atoms with Crippen LogP contribution in [0.1, 0.15) is 5.56 Å². The molecular weight excluding hydrogens is 370 g/mol. The number of urea groups is 1. The van der Waals surface area contributed by atoms with Crippen LogP contribution in [0.15, 0.2) is 36.4 Å². The molecule has 3 rings (SSSR count). The highest BCUT2D eigenvalue weighted by Crippen LogP contribution is 2.35. The molecule has 0 fully saturated rings. The number of nitrogens with one attached hydrogen (secondary N) is 2. The molecule has 0 spiro atoms. The van der Waals surface area contributed by atoms with Gasteiger partial charge in [0, 0.05) is 18.3 Å². The van der Waals surface area contributed by atoms with Crippen molar-refractivity contribution in [2.45, 2.75) is 6.42 Å². The normalized spacial score (nSPS) is 12.3. The van der Waals surface area contributed by atoms with Crippen molar-refractivity contribution < 1.29 is 19.1 Å². The Balaban J connectivity index is 1.61. The van der Waals surface area contributed by atoms with Gasteiger partial charge in [0.1, 0.15) is 11.5 Å². The monoisotopic (exact) mass is 389 g/mol. The topological polar surface area (TPSA) is 79.9 Å². The Morgan fingerprint density at radius 1 is 1.15 bits per heavy atom. The lowest BCUT2D eigenvalue weighted by atomic mass is 10.2. The van der Waals surface area contributed by atoms with Crippen LogP contribution in [-0.2, 0) is 11.2 Å². The number of carbonyl (C=O) groups excluding carboxylic acids is 2. The van der Waals surface area contributed by atoms with E-state index in [2.05, 4.69) is 10.6 Å². The number of nitrogens with zero attached hydrogens (tertiary/aromatic N) is 1. The Bertz CT molecular complexity index is 872. The second-order valence-electron chi connectivity index (χ2n) is 5.92. The lowest BCUT2D eigenvalue weighted by Gasteiger charge is -2.18. The molecule has 2 N–H and O–H groups in total. The maximum atomic E-state index is 12.4.